The number of nitrogens with zero attached hydrogens (tertiary/aromatic N) is 6. The maximum atomic E-state index is 13.0. The van der Waals surface area contributed by atoms with E-state index in [2.05, 4.69) is 27.4 Å². The fraction of sp³-hybridized carbons (Fsp3) is 0.333. The van der Waals surface area contributed by atoms with Crippen molar-refractivity contribution >= 4 is 23.7 Å². The Hall–Kier alpha value is -4.45. The number of nitrogen functional groups attached to an aromatic ring is 1. The first-order valence-corrected chi connectivity index (χ1v) is 13.1. The SMILES string of the molecule is CCCCc1nc(Cl)c(C(=O)OCOC(=O)OC(C)C)n1Cc1ccc(-c2ccccc2-c2nnnn2N)cc1. The minimum atomic E-state index is -0.935. The molecule has 40 heavy (non-hydrogen) atoms. The van der Waals surface area contributed by atoms with E-state index in [9.17, 15) is 9.59 Å². The lowest BCUT2D eigenvalue weighted by molar-refractivity contribution is -0.0349. The van der Waals surface area contributed by atoms with Crippen molar-refractivity contribution in [3.8, 4) is 22.5 Å². The summed E-state index contributed by atoms with van der Waals surface area (Å²) < 4.78 is 16.6. The molecule has 2 heterocycles. The fourth-order valence-corrected chi connectivity index (χ4v) is 4.33. The van der Waals surface area contributed by atoms with Gasteiger partial charge in [-0.1, -0.05) is 73.5 Å². The maximum absolute atomic E-state index is 13.0. The second-order valence-electron chi connectivity index (χ2n) is 9.16. The minimum Gasteiger partial charge on any atom is -0.431 e. The van der Waals surface area contributed by atoms with Crippen LogP contribution in [-0.2, 0) is 27.2 Å². The monoisotopic (exact) mass is 567 g/mol. The van der Waals surface area contributed by atoms with Crippen molar-refractivity contribution in [2.24, 2.45) is 0 Å². The number of unbranched alkanes of at least 4 members (excludes halogenated alkanes) is 1. The number of nitrogens with two attached hydrogens (primary N) is 1. The summed E-state index contributed by atoms with van der Waals surface area (Å²) in [5.41, 5.74) is 3.61. The molecule has 0 saturated heterocycles. The molecule has 2 N–H and O–H groups in total. The van der Waals surface area contributed by atoms with Crippen molar-refractivity contribution < 1.29 is 23.8 Å². The van der Waals surface area contributed by atoms with Gasteiger partial charge in [0.2, 0.25) is 12.6 Å². The molecule has 0 amide bonds. The zero-order valence-electron chi connectivity index (χ0n) is 22.4. The summed E-state index contributed by atoms with van der Waals surface area (Å²) in [6.45, 7) is 5.13. The summed E-state index contributed by atoms with van der Waals surface area (Å²) in [4.78, 5) is 30.1. The number of ether oxygens (including phenoxy) is 3. The first-order valence-electron chi connectivity index (χ1n) is 12.8. The van der Waals surface area contributed by atoms with E-state index in [-0.39, 0.29) is 17.0 Å². The van der Waals surface area contributed by atoms with E-state index in [0.717, 1.165) is 39.9 Å². The van der Waals surface area contributed by atoms with E-state index in [1.807, 2.05) is 48.5 Å². The summed E-state index contributed by atoms with van der Waals surface area (Å²) in [6, 6.07) is 15.5. The Bertz CT molecular complexity index is 1470. The van der Waals surface area contributed by atoms with E-state index in [4.69, 9.17) is 31.7 Å². The first kappa shape index (κ1) is 28.6. The van der Waals surface area contributed by atoms with E-state index >= 15 is 0 Å². The molecule has 0 fully saturated rings. The number of esters is 1. The van der Waals surface area contributed by atoms with E-state index in [1.54, 1.807) is 18.4 Å². The highest BCUT2D eigenvalue weighted by Crippen LogP contribution is 2.30. The maximum Gasteiger partial charge on any atom is 0.511 e. The zero-order valence-corrected chi connectivity index (χ0v) is 23.2. The van der Waals surface area contributed by atoms with Gasteiger partial charge in [0.05, 0.1) is 6.10 Å². The topological polar surface area (TPSA) is 149 Å². The number of tetrazole rings is 1. The van der Waals surface area contributed by atoms with E-state index < -0.39 is 18.9 Å². The number of rotatable bonds is 11. The standard InChI is InChI=1S/C27H30ClN7O5/c1-4-5-10-22-30-24(28)23(26(36)38-16-39-27(37)40-17(2)3)34(22)15-18-11-13-19(14-12-18)20-8-6-7-9-21(20)25-31-32-33-35(25)29/h6-9,11-14,17H,4-5,10,15-16,29H2,1-3H3. The Labute approximate surface area is 236 Å². The molecule has 2 aromatic carbocycles. The van der Waals surface area contributed by atoms with Crippen LogP contribution >= 0.6 is 11.6 Å². The quantitative estimate of drug-likeness (QED) is 0.154. The van der Waals surface area contributed by atoms with Crippen LogP contribution in [0.3, 0.4) is 0 Å². The molecule has 0 saturated carbocycles. The third-order valence-electron chi connectivity index (χ3n) is 5.92. The van der Waals surface area contributed by atoms with Gasteiger partial charge < -0.3 is 24.6 Å². The van der Waals surface area contributed by atoms with Gasteiger partial charge in [-0.2, -0.15) is 0 Å². The van der Waals surface area contributed by atoms with Gasteiger partial charge in [0, 0.05) is 18.5 Å². The molecule has 0 aliphatic heterocycles. The molecule has 0 bridgehead atoms. The molecule has 12 nitrogen and oxygen atoms in total. The number of carbonyl (C=O) groups excluding carboxylic acids is 2. The van der Waals surface area contributed by atoms with Crippen molar-refractivity contribution in [2.75, 3.05) is 12.6 Å². The molecule has 0 aliphatic rings. The summed E-state index contributed by atoms with van der Waals surface area (Å²) in [5.74, 6) is 6.21. The minimum absolute atomic E-state index is 0.0194. The fourth-order valence-electron chi connectivity index (χ4n) is 4.06. The third-order valence-corrected chi connectivity index (χ3v) is 6.18. The normalized spacial score (nSPS) is 11.0. The van der Waals surface area contributed by atoms with Crippen molar-refractivity contribution in [3.63, 3.8) is 0 Å². The van der Waals surface area contributed by atoms with Gasteiger partial charge in [0.15, 0.2) is 10.8 Å². The summed E-state index contributed by atoms with van der Waals surface area (Å²) in [7, 11) is 0. The number of halogens is 1. The van der Waals surface area contributed by atoms with Gasteiger partial charge in [-0.3, -0.25) is 0 Å². The second kappa shape index (κ2) is 13.1. The van der Waals surface area contributed by atoms with Crippen LogP contribution in [-0.4, -0.2) is 54.9 Å². The van der Waals surface area contributed by atoms with Crippen molar-refractivity contribution in [3.05, 3.63) is 70.8 Å². The number of aryl methyl sites for hydroxylation is 1. The van der Waals surface area contributed by atoms with Crippen molar-refractivity contribution in [2.45, 2.75) is 52.7 Å². The van der Waals surface area contributed by atoms with Crippen LogP contribution in [0.4, 0.5) is 4.79 Å². The van der Waals surface area contributed by atoms with Gasteiger partial charge in [-0.05, 0) is 47.4 Å². The average molecular weight is 568 g/mol. The van der Waals surface area contributed by atoms with E-state index in [1.165, 1.54) is 0 Å². The van der Waals surface area contributed by atoms with Crippen molar-refractivity contribution in [1.82, 2.24) is 29.9 Å². The van der Waals surface area contributed by atoms with Crippen LogP contribution in [0.5, 0.6) is 0 Å². The molecule has 4 rings (SSSR count). The zero-order chi connectivity index (χ0) is 28.6. The molecule has 0 atom stereocenters. The smallest absolute Gasteiger partial charge is 0.431 e. The van der Waals surface area contributed by atoms with Gasteiger partial charge in [0.25, 0.3) is 0 Å². The molecule has 4 aromatic rings. The number of aromatic nitrogens is 6. The molecule has 0 unspecified atom stereocenters. The molecule has 2 aromatic heterocycles. The highest BCUT2D eigenvalue weighted by Gasteiger charge is 2.24. The Kier molecular flexibility index (Phi) is 9.33. The van der Waals surface area contributed by atoms with Crippen LogP contribution < -0.4 is 5.84 Å². The summed E-state index contributed by atoms with van der Waals surface area (Å²) >= 11 is 6.39. The molecular formula is C27H30ClN7O5. The third kappa shape index (κ3) is 6.75. The number of carbonyl (C=O) groups is 2. The molecule has 0 spiro atoms. The van der Waals surface area contributed by atoms with Crippen LogP contribution in [0, 0.1) is 0 Å². The lowest BCUT2D eigenvalue weighted by atomic mass is 9.98. The molecule has 0 aliphatic carbocycles. The Morgan fingerprint density at radius 1 is 1.05 bits per heavy atom. The number of imidazole rings is 1. The van der Waals surface area contributed by atoms with Gasteiger partial charge in [-0.25, -0.2) is 14.6 Å². The number of hydrogen-bond donors (Lipinski definition) is 1. The van der Waals surface area contributed by atoms with Crippen LogP contribution in [0.25, 0.3) is 22.5 Å². The Balaban J connectivity index is 1.56. The van der Waals surface area contributed by atoms with Gasteiger partial charge in [-0.15, -0.1) is 9.89 Å². The molecule has 210 valence electrons. The Morgan fingerprint density at radius 3 is 2.42 bits per heavy atom. The second-order valence-corrected chi connectivity index (χ2v) is 9.52. The lowest BCUT2D eigenvalue weighted by Crippen LogP contribution is -2.19. The van der Waals surface area contributed by atoms with Crippen LogP contribution in [0.15, 0.2) is 48.5 Å². The largest absolute Gasteiger partial charge is 0.511 e. The first-order chi connectivity index (χ1) is 19.3. The van der Waals surface area contributed by atoms with Crippen LogP contribution in [0.1, 0.15) is 55.5 Å². The summed E-state index contributed by atoms with van der Waals surface area (Å²) in [6.07, 6.45) is 1.13. The van der Waals surface area contributed by atoms with E-state index in [0.29, 0.717) is 24.6 Å². The molecule has 13 heteroatoms. The number of hydrogen-bond acceptors (Lipinski definition) is 10. The average Bonchev–Trinajstić information content (AvgIpc) is 3.49. The highest BCUT2D eigenvalue weighted by molar-refractivity contribution is 6.32. The van der Waals surface area contributed by atoms with Gasteiger partial charge >= 0.3 is 12.1 Å². The lowest BCUT2D eigenvalue weighted by Gasteiger charge is -2.13. The predicted molar refractivity (Wildman–Crippen MR) is 147 cm³/mol. The van der Waals surface area contributed by atoms with Crippen LogP contribution in [0.2, 0.25) is 5.15 Å². The highest BCUT2D eigenvalue weighted by atomic mass is 35.5. The summed E-state index contributed by atoms with van der Waals surface area (Å²) in [5, 5.41) is 11.4. The predicted octanol–water partition coefficient (Wildman–Crippen LogP) is 4.64. The molecular weight excluding hydrogens is 538 g/mol. The number of benzene rings is 2. The molecule has 0 radical (unpaired) electrons. The van der Waals surface area contributed by atoms with Gasteiger partial charge in [0.1, 0.15) is 5.82 Å². The Morgan fingerprint density at radius 2 is 1.77 bits per heavy atom. The van der Waals surface area contributed by atoms with Crippen molar-refractivity contribution in [1.29, 1.82) is 0 Å².